The molecule has 1 aliphatic heterocycles. The van der Waals surface area contributed by atoms with E-state index in [0.29, 0.717) is 62.2 Å². The minimum atomic E-state index is -0.594. The summed E-state index contributed by atoms with van der Waals surface area (Å²) in [7, 11) is 1.68. The monoisotopic (exact) mass is 588 g/mol. The predicted octanol–water partition coefficient (Wildman–Crippen LogP) is 6.65. The number of aromatic nitrogens is 1. The van der Waals surface area contributed by atoms with Gasteiger partial charge < -0.3 is 28.6 Å². The van der Waals surface area contributed by atoms with E-state index in [9.17, 15) is 9.59 Å². The van der Waals surface area contributed by atoms with Gasteiger partial charge in [0.25, 0.3) is 5.91 Å². The molecule has 0 spiro atoms. The number of hydrogen-bond donors (Lipinski definition) is 0. The molecule has 0 radical (unpaired) electrons. The number of halogens is 1. The molecule has 1 aromatic carbocycles. The number of amides is 2. The molecule has 0 unspecified atom stereocenters. The highest BCUT2D eigenvalue weighted by Gasteiger charge is 2.36. The summed E-state index contributed by atoms with van der Waals surface area (Å²) in [5.74, 6) is 0.470. The number of fused-ring (bicyclic) bond motifs is 1. The van der Waals surface area contributed by atoms with Crippen LogP contribution in [0, 0.1) is 11.3 Å². The maximum Gasteiger partial charge on any atom is 0.410 e. The van der Waals surface area contributed by atoms with Gasteiger partial charge in [0, 0.05) is 51.2 Å². The number of ether oxygens (including phenoxy) is 3. The topological polar surface area (TPSA) is 97.0 Å². The summed E-state index contributed by atoms with van der Waals surface area (Å²) in [4.78, 5) is 30.9. The van der Waals surface area contributed by atoms with Crippen molar-refractivity contribution >= 4 is 34.5 Å². The lowest BCUT2D eigenvalue weighted by Gasteiger charge is -2.41. The molecular weight excluding hydrogens is 544 g/mol. The van der Waals surface area contributed by atoms with Gasteiger partial charge in [0.2, 0.25) is 0 Å². The Bertz CT molecular complexity index is 1230. The first kappa shape index (κ1) is 32.6. The lowest BCUT2D eigenvalue weighted by Crippen LogP contribution is -2.54. The number of likely N-dealkylation sites (tertiary alicyclic amines) is 1. The molecule has 10 heteroatoms. The van der Waals surface area contributed by atoms with Crippen LogP contribution in [-0.2, 0) is 16.0 Å². The van der Waals surface area contributed by atoms with Crippen LogP contribution in [0.5, 0.6) is 5.75 Å². The van der Waals surface area contributed by atoms with E-state index in [1.165, 1.54) is 0 Å². The molecule has 1 fully saturated rings. The lowest BCUT2D eigenvalue weighted by atomic mass is 10.0. The second-order valence-corrected chi connectivity index (χ2v) is 12.2. The Morgan fingerprint density at radius 1 is 1.20 bits per heavy atom. The third-order valence-electron chi connectivity index (χ3n) is 7.09. The average molecular weight is 589 g/mol. The zero-order valence-corrected chi connectivity index (χ0v) is 26.1. The fourth-order valence-corrected chi connectivity index (χ4v) is 5.69. The van der Waals surface area contributed by atoms with Crippen molar-refractivity contribution in [2.75, 3.05) is 33.4 Å². The van der Waals surface area contributed by atoms with Gasteiger partial charge in [0.15, 0.2) is 0 Å². The van der Waals surface area contributed by atoms with Gasteiger partial charge in [0.1, 0.15) is 17.0 Å². The van der Waals surface area contributed by atoms with Crippen molar-refractivity contribution in [3.63, 3.8) is 0 Å². The van der Waals surface area contributed by atoms with Gasteiger partial charge in [-0.25, -0.2) is 4.79 Å². The van der Waals surface area contributed by atoms with E-state index in [2.05, 4.69) is 6.07 Å². The van der Waals surface area contributed by atoms with E-state index in [1.54, 1.807) is 12.0 Å². The number of methoxy groups -OCH3 is 1. The van der Waals surface area contributed by atoms with Gasteiger partial charge >= 0.3 is 6.09 Å². The van der Waals surface area contributed by atoms with Crippen LogP contribution >= 0.6 is 11.6 Å². The normalized spacial score (nSPS) is 15.7. The number of piperidine rings is 1. The van der Waals surface area contributed by atoms with Crippen LogP contribution < -0.4 is 4.74 Å². The Kier molecular flexibility index (Phi) is 11.7. The lowest BCUT2D eigenvalue weighted by molar-refractivity contribution is 0.00733. The smallest absolute Gasteiger partial charge is 0.410 e. The zero-order valence-electron chi connectivity index (χ0n) is 25.4. The Hall–Kier alpha value is -2.96. The third kappa shape index (κ3) is 8.30. The van der Waals surface area contributed by atoms with E-state index in [1.807, 2.05) is 62.3 Å². The molecule has 0 aliphatic carbocycles. The van der Waals surface area contributed by atoms with Crippen LogP contribution in [0.15, 0.2) is 18.2 Å². The predicted molar refractivity (Wildman–Crippen MR) is 161 cm³/mol. The van der Waals surface area contributed by atoms with Gasteiger partial charge in [-0.2, -0.15) is 5.26 Å². The summed E-state index contributed by atoms with van der Waals surface area (Å²) < 4.78 is 19.0. The highest BCUT2D eigenvalue weighted by molar-refractivity contribution is 6.39. The second kappa shape index (κ2) is 14.8. The van der Waals surface area contributed by atoms with E-state index < -0.39 is 5.60 Å². The van der Waals surface area contributed by atoms with E-state index in [0.717, 1.165) is 36.6 Å². The fourth-order valence-electron chi connectivity index (χ4n) is 5.35. The molecule has 3 rings (SSSR count). The second-order valence-electron chi connectivity index (χ2n) is 11.8. The van der Waals surface area contributed by atoms with Crippen LogP contribution in [0.2, 0.25) is 5.02 Å². The summed E-state index contributed by atoms with van der Waals surface area (Å²) in [6.07, 6.45) is 3.82. The maximum atomic E-state index is 14.5. The van der Waals surface area contributed by atoms with Gasteiger partial charge in [0.05, 0.1) is 29.3 Å². The molecule has 2 heterocycles. The van der Waals surface area contributed by atoms with E-state index in [4.69, 9.17) is 31.1 Å². The van der Waals surface area contributed by atoms with Crippen LogP contribution in [0.25, 0.3) is 10.9 Å². The van der Waals surface area contributed by atoms with Crippen molar-refractivity contribution in [2.24, 2.45) is 0 Å². The molecule has 1 atom stereocenters. The van der Waals surface area contributed by atoms with Crippen LogP contribution in [-0.4, -0.2) is 77.5 Å². The Morgan fingerprint density at radius 3 is 2.61 bits per heavy atom. The van der Waals surface area contributed by atoms with Crippen LogP contribution in [0.3, 0.4) is 0 Å². The van der Waals surface area contributed by atoms with E-state index >= 15 is 0 Å². The fraction of sp³-hybridized carbons (Fsp3) is 0.645. The van der Waals surface area contributed by atoms with Gasteiger partial charge in [-0.05, 0) is 72.8 Å². The van der Waals surface area contributed by atoms with Gasteiger partial charge in [-0.15, -0.1) is 0 Å². The molecule has 2 aromatic rings. The van der Waals surface area contributed by atoms with E-state index in [-0.39, 0.29) is 24.1 Å². The summed E-state index contributed by atoms with van der Waals surface area (Å²) >= 11 is 7.02. The highest BCUT2D eigenvalue weighted by Crippen LogP contribution is 2.38. The van der Waals surface area contributed by atoms with Crippen LogP contribution in [0.4, 0.5) is 4.79 Å². The number of nitriles is 1. The number of hydrogen-bond acceptors (Lipinski definition) is 6. The van der Waals surface area contributed by atoms with Crippen molar-refractivity contribution in [1.29, 1.82) is 5.26 Å². The molecule has 1 aliphatic rings. The molecule has 1 saturated heterocycles. The first-order chi connectivity index (χ1) is 19.5. The molecule has 0 N–H and O–H groups in total. The summed E-state index contributed by atoms with van der Waals surface area (Å²) in [5.41, 5.74) is 0.608. The largest absolute Gasteiger partial charge is 0.491 e. The highest BCUT2D eigenvalue weighted by atomic mass is 35.5. The Morgan fingerprint density at radius 2 is 1.95 bits per heavy atom. The third-order valence-corrected chi connectivity index (χ3v) is 7.47. The number of para-hydroxylation sites is 1. The number of carbonyl (C=O) groups excluding carboxylic acids is 2. The molecule has 0 bridgehead atoms. The summed E-state index contributed by atoms with van der Waals surface area (Å²) in [6.45, 7) is 12.1. The number of carbonyl (C=O) groups is 2. The van der Waals surface area contributed by atoms with Crippen molar-refractivity contribution in [2.45, 2.75) is 97.4 Å². The van der Waals surface area contributed by atoms with Crippen molar-refractivity contribution < 1.29 is 23.8 Å². The van der Waals surface area contributed by atoms with Gasteiger partial charge in [-0.1, -0.05) is 23.7 Å². The Labute approximate surface area is 249 Å². The number of rotatable bonds is 12. The van der Waals surface area contributed by atoms with Crippen molar-refractivity contribution in [1.82, 2.24) is 14.4 Å². The molecule has 226 valence electrons. The van der Waals surface area contributed by atoms with Crippen molar-refractivity contribution in [3.05, 3.63) is 28.9 Å². The number of aryl methyl sites for hydroxylation is 1. The minimum Gasteiger partial charge on any atom is -0.491 e. The molecule has 2 amide bonds. The minimum absolute atomic E-state index is 0.121. The number of nitrogens with zero attached hydrogens (tertiary/aromatic N) is 4. The quantitative estimate of drug-likeness (QED) is 0.257. The van der Waals surface area contributed by atoms with Crippen molar-refractivity contribution in [3.8, 4) is 11.8 Å². The first-order valence-electron chi connectivity index (χ1n) is 14.6. The zero-order chi connectivity index (χ0) is 30.2. The molecular formula is C31H45ClN4O5. The summed E-state index contributed by atoms with van der Waals surface area (Å²) in [5, 5.41) is 10.1. The Balaban J connectivity index is 2.01. The maximum absolute atomic E-state index is 14.5. The molecule has 41 heavy (non-hydrogen) atoms. The number of unbranched alkanes of at least 4 members (excludes halogenated alkanes) is 2. The number of benzene rings is 1. The first-order valence-corrected chi connectivity index (χ1v) is 15.0. The standard InChI is InChI=1S/C31H45ClN4O5/c1-22(2)36(23-13-12-17-34(21-23)30(38)41-31(3,4)5)29(37)28-26(32)24-14-11-15-25(40-20-9-7-16-33)27(24)35(28)18-8-10-19-39-6/h11,14-15,22-23H,7-10,12-13,17-21H2,1-6H3/t23-/m1/s1. The summed E-state index contributed by atoms with van der Waals surface area (Å²) in [6, 6.07) is 7.51. The van der Waals surface area contributed by atoms with Gasteiger partial charge in [-0.3, -0.25) is 4.79 Å². The molecule has 1 aromatic heterocycles. The molecule has 9 nitrogen and oxygen atoms in total. The van der Waals surface area contributed by atoms with Crippen LogP contribution in [0.1, 0.15) is 83.6 Å². The average Bonchev–Trinajstić information content (AvgIpc) is 3.20. The SMILES string of the molecule is COCCCCn1c(C(=O)N(C(C)C)[C@@H]2CCCN(C(=O)OC(C)(C)C)C2)c(Cl)c2cccc(OCCCC#N)c21. The molecule has 0 saturated carbocycles.